The van der Waals surface area contributed by atoms with Crippen molar-refractivity contribution in [1.29, 1.82) is 0 Å². The second-order valence-electron chi connectivity index (χ2n) is 7.11. The largest absolute Gasteiger partial charge is 0.435 e. The second kappa shape index (κ2) is 6.14. The highest BCUT2D eigenvalue weighted by atomic mass is 19.4. The molecule has 2 heterocycles. The van der Waals surface area contributed by atoms with Crippen molar-refractivity contribution in [3.05, 3.63) is 46.8 Å². The van der Waals surface area contributed by atoms with E-state index in [2.05, 4.69) is 5.10 Å². The monoisotopic (exact) mass is 363 g/mol. The van der Waals surface area contributed by atoms with Crippen LogP contribution in [0.3, 0.4) is 0 Å². The quantitative estimate of drug-likeness (QED) is 0.803. The predicted octanol–water partition coefficient (Wildman–Crippen LogP) is 4.18. The van der Waals surface area contributed by atoms with Gasteiger partial charge in [0.1, 0.15) is 0 Å². The lowest BCUT2D eigenvalue weighted by Gasteiger charge is -2.30. The summed E-state index contributed by atoms with van der Waals surface area (Å²) >= 11 is 0. The van der Waals surface area contributed by atoms with Gasteiger partial charge >= 0.3 is 6.18 Å². The minimum absolute atomic E-state index is 0.0183. The first kappa shape index (κ1) is 17.1. The van der Waals surface area contributed by atoms with E-state index in [0.29, 0.717) is 28.9 Å². The molecular formula is C19H20F3N3O. The van der Waals surface area contributed by atoms with Crippen LogP contribution in [-0.4, -0.2) is 33.7 Å². The van der Waals surface area contributed by atoms with Gasteiger partial charge in [-0.3, -0.25) is 4.79 Å². The maximum absolute atomic E-state index is 13.4. The number of rotatable bonds is 2. The zero-order chi connectivity index (χ0) is 18.5. The number of alkyl halides is 3. The highest BCUT2D eigenvalue weighted by molar-refractivity contribution is 5.94. The van der Waals surface area contributed by atoms with E-state index in [0.717, 1.165) is 32.4 Å². The van der Waals surface area contributed by atoms with E-state index in [-0.39, 0.29) is 11.8 Å². The average molecular weight is 363 g/mol. The third kappa shape index (κ3) is 2.79. The molecule has 0 N–H and O–H groups in total. The lowest BCUT2D eigenvalue weighted by Crippen LogP contribution is -2.41. The van der Waals surface area contributed by atoms with Crippen LogP contribution in [0.5, 0.6) is 0 Å². The summed E-state index contributed by atoms with van der Waals surface area (Å²) in [6.45, 7) is 3.47. The van der Waals surface area contributed by atoms with Crippen LogP contribution in [0.25, 0.3) is 5.69 Å². The van der Waals surface area contributed by atoms with Gasteiger partial charge in [0, 0.05) is 24.2 Å². The van der Waals surface area contributed by atoms with Gasteiger partial charge in [-0.25, -0.2) is 4.68 Å². The first-order valence-corrected chi connectivity index (χ1v) is 8.95. The van der Waals surface area contributed by atoms with Gasteiger partial charge in [-0.05, 0) is 55.9 Å². The van der Waals surface area contributed by atoms with Gasteiger partial charge in [0.05, 0.1) is 11.4 Å². The lowest BCUT2D eigenvalue weighted by atomic mass is 9.87. The molecule has 1 saturated heterocycles. The molecule has 0 spiro atoms. The fourth-order valence-corrected chi connectivity index (χ4v) is 3.81. The third-order valence-corrected chi connectivity index (χ3v) is 5.32. The van der Waals surface area contributed by atoms with Crippen LogP contribution in [0.15, 0.2) is 24.3 Å². The average Bonchev–Trinajstić information content (AvgIpc) is 2.94. The van der Waals surface area contributed by atoms with Crippen LogP contribution in [0.4, 0.5) is 13.2 Å². The van der Waals surface area contributed by atoms with Gasteiger partial charge in [-0.15, -0.1) is 0 Å². The van der Waals surface area contributed by atoms with E-state index < -0.39 is 11.9 Å². The van der Waals surface area contributed by atoms with Gasteiger partial charge < -0.3 is 4.90 Å². The molecule has 1 fully saturated rings. The zero-order valence-corrected chi connectivity index (χ0v) is 14.5. The Morgan fingerprint density at radius 1 is 1.15 bits per heavy atom. The van der Waals surface area contributed by atoms with Gasteiger partial charge in [0.2, 0.25) is 0 Å². The standard InChI is InChI=1S/C19H20F3N3O/c1-12-4-2-5-15-16(12)25(23-17(15)19(20,21)22)14-8-6-13(7-9-14)18(26)24-10-3-11-24/h6-9,12H,2-5,10-11H2,1H3. The fraction of sp³-hybridized carbons (Fsp3) is 0.474. The number of hydrogen-bond acceptors (Lipinski definition) is 2. The van der Waals surface area contributed by atoms with Crippen molar-refractivity contribution < 1.29 is 18.0 Å². The van der Waals surface area contributed by atoms with E-state index in [1.807, 2.05) is 6.92 Å². The molecule has 4 rings (SSSR count). The number of amides is 1. The molecule has 1 aromatic heterocycles. The highest BCUT2D eigenvalue weighted by Crippen LogP contribution is 2.40. The first-order chi connectivity index (χ1) is 12.4. The molecule has 1 aromatic carbocycles. The number of fused-ring (bicyclic) bond motifs is 1. The van der Waals surface area contributed by atoms with E-state index in [9.17, 15) is 18.0 Å². The number of hydrogen-bond donors (Lipinski definition) is 0. The van der Waals surface area contributed by atoms with Crippen LogP contribution in [0.1, 0.15) is 59.4 Å². The number of halogens is 3. The minimum atomic E-state index is -4.46. The number of likely N-dealkylation sites (tertiary alicyclic amines) is 1. The third-order valence-electron chi connectivity index (χ3n) is 5.32. The zero-order valence-electron chi connectivity index (χ0n) is 14.5. The summed E-state index contributed by atoms with van der Waals surface area (Å²) in [5, 5.41) is 3.92. The van der Waals surface area contributed by atoms with Crippen molar-refractivity contribution in [3.63, 3.8) is 0 Å². The van der Waals surface area contributed by atoms with Crippen molar-refractivity contribution in [2.24, 2.45) is 0 Å². The maximum atomic E-state index is 13.4. The summed E-state index contributed by atoms with van der Waals surface area (Å²) in [4.78, 5) is 14.0. The molecule has 1 aliphatic heterocycles. The molecule has 1 aliphatic carbocycles. The fourth-order valence-electron chi connectivity index (χ4n) is 3.81. The molecule has 0 bridgehead atoms. The molecular weight excluding hydrogens is 343 g/mol. The van der Waals surface area contributed by atoms with E-state index >= 15 is 0 Å². The molecule has 4 nitrogen and oxygen atoms in total. The molecule has 7 heteroatoms. The minimum Gasteiger partial charge on any atom is -0.339 e. The van der Waals surface area contributed by atoms with Crippen LogP contribution in [-0.2, 0) is 12.6 Å². The van der Waals surface area contributed by atoms with Crippen molar-refractivity contribution in [3.8, 4) is 5.69 Å². The van der Waals surface area contributed by atoms with Gasteiger partial charge in [0.25, 0.3) is 5.91 Å². The Bertz CT molecular complexity index is 835. The van der Waals surface area contributed by atoms with Crippen LogP contribution in [0.2, 0.25) is 0 Å². The van der Waals surface area contributed by atoms with Crippen LogP contribution < -0.4 is 0 Å². The number of nitrogens with zero attached hydrogens (tertiary/aromatic N) is 3. The highest BCUT2D eigenvalue weighted by Gasteiger charge is 2.41. The number of carbonyl (C=O) groups excluding carboxylic acids is 1. The lowest BCUT2D eigenvalue weighted by molar-refractivity contribution is -0.142. The normalized spacial score (nSPS) is 19.8. The summed E-state index contributed by atoms with van der Waals surface area (Å²) in [5.74, 6) is -0.0145. The van der Waals surface area contributed by atoms with E-state index in [1.54, 1.807) is 29.2 Å². The summed E-state index contributed by atoms with van der Waals surface area (Å²) in [6, 6.07) is 6.71. The summed E-state index contributed by atoms with van der Waals surface area (Å²) in [7, 11) is 0. The van der Waals surface area contributed by atoms with Crippen molar-refractivity contribution >= 4 is 5.91 Å². The topological polar surface area (TPSA) is 38.1 Å². The molecule has 0 saturated carbocycles. The summed E-state index contributed by atoms with van der Waals surface area (Å²) < 4.78 is 41.6. The van der Waals surface area contributed by atoms with E-state index in [4.69, 9.17) is 0 Å². The predicted molar refractivity (Wildman–Crippen MR) is 90.4 cm³/mol. The Labute approximate surface area is 149 Å². The smallest absolute Gasteiger partial charge is 0.339 e. The maximum Gasteiger partial charge on any atom is 0.435 e. The summed E-state index contributed by atoms with van der Waals surface area (Å²) in [5.41, 5.74) is 1.30. The number of benzene rings is 1. The van der Waals surface area contributed by atoms with Crippen molar-refractivity contribution in [2.45, 2.75) is 44.7 Å². The van der Waals surface area contributed by atoms with Crippen LogP contribution in [0, 0.1) is 0 Å². The number of aromatic nitrogens is 2. The Morgan fingerprint density at radius 3 is 2.42 bits per heavy atom. The van der Waals surface area contributed by atoms with Gasteiger partial charge in [-0.2, -0.15) is 18.3 Å². The summed E-state index contributed by atoms with van der Waals surface area (Å²) in [6.07, 6.45) is -1.45. The molecule has 138 valence electrons. The van der Waals surface area contributed by atoms with E-state index in [1.165, 1.54) is 4.68 Å². The Balaban J connectivity index is 1.73. The van der Waals surface area contributed by atoms with Crippen molar-refractivity contribution in [2.75, 3.05) is 13.1 Å². The molecule has 26 heavy (non-hydrogen) atoms. The molecule has 1 atom stereocenters. The van der Waals surface area contributed by atoms with Crippen molar-refractivity contribution in [1.82, 2.24) is 14.7 Å². The van der Waals surface area contributed by atoms with Gasteiger partial charge in [-0.1, -0.05) is 6.92 Å². The number of carbonyl (C=O) groups is 1. The Kier molecular flexibility index (Phi) is 4.04. The second-order valence-corrected chi connectivity index (χ2v) is 7.11. The Hall–Kier alpha value is -2.31. The molecule has 2 aromatic rings. The van der Waals surface area contributed by atoms with Crippen LogP contribution >= 0.6 is 0 Å². The Morgan fingerprint density at radius 2 is 1.85 bits per heavy atom. The molecule has 2 aliphatic rings. The molecule has 1 amide bonds. The molecule has 0 radical (unpaired) electrons. The van der Waals surface area contributed by atoms with Gasteiger partial charge in [0.15, 0.2) is 5.69 Å². The first-order valence-electron chi connectivity index (χ1n) is 8.95. The molecule has 1 unspecified atom stereocenters. The SMILES string of the molecule is CC1CCCc2c(C(F)(F)F)nn(-c3ccc(C(=O)N4CCC4)cc3)c21.